The molecule has 2 aromatic carbocycles. The van der Waals surface area contributed by atoms with E-state index in [9.17, 15) is 13.2 Å². The number of hydrogen-bond acceptors (Lipinski definition) is 6. The Morgan fingerprint density at radius 1 is 1.24 bits per heavy atom. The van der Waals surface area contributed by atoms with Crippen LogP contribution in [0.3, 0.4) is 0 Å². The molecule has 0 spiro atoms. The van der Waals surface area contributed by atoms with Crippen molar-refractivity contribution in [3.05, 3.63) is 54.8 Å². The number of carboxylic acids is 1. The van der Waals surface area contributed by atoms with Crippen LogP contribution in [0.1, 0.15) is 39.5 Å². The Morgan fingerprint density at radius 3 is 2.53 bits per heavy atom. The molecule has 0 fully saturated rings. The maximum absolute atomic E-state index is 14.0. The minimum absolute atomic E-state index is 0.141. The molecule has 9 heteroatoms. The first-order chi connectivity index (χ1) is 16.2. The molecule has 0 aliphatic carbocycles. The molecular weight excluding hydrogens is 472 g/mol. The van der Waals surface area contributed by atoms with Gasteiger partial charge in [0.05, 0.1) is 28.5 Å². The van der Waals surface area contributed by atoms with E-state index in [4.69, 9.17) is 9.84 Å². The molecule has 1 atom stereocenters. The zero-order valence-corrected chi connectivity index (χ0v) is 21.7. The predicted octanol–water partition coefficient (Wildman–Crippen LogP) is 5.50. The standard InChI is InChI=1S/C25H32N2O5S2/c1-5-7-14-25(6-2)18-27(19-11-9-8-10-12-19)20-16-22(33-4)21(32-15-13-24(28)29)17-23(20)34(30,31)26(25)3/h8-13,15-17H,5-7,14,18H2,1-4H3,(H,28,29)/b15-13+/t25-/m0/s1. The van der Waals surface area contributed by atoms with Crippen LogP contribution in [-0.2, 0) is 14.8 Å². The van der Waals surface area contributed by atoms with Crippen molar-refractivity contribution in [1.82, 2.24) is 4.31 Å². The largest absolute Gasteiger partial charge is 0.478 e. The summed E-state index contributed by atoms with van der Waals surface area (Å²) < 4.78 is 35.1. The van der Waals surface area contributed by atoms with E-state index >= 15 is 0 Å². The molecule has 0 aromatic heterocycles. The second kappa shape index (κ2) is 10.8. The van der Waals surface area contributed by atoms with E-state index in [-0.39, 0.29) is 4.90 Å². The highest BCUT2D eigenvalue weighted by atomic mass is 32.2. The number of thioether (sulfide) groups is 1. The summed E-state index contributed by atoms with van der Waals surface area (Å²) in [5, 5.41) is 8.90. The second-order valence-corrected chi connectivity index (χ2v) is 11.1. The van der Waals surface area contributed by atoms with E-state index in [1.54, 1.807) is 7.05 Å². The smallest absolute Gasteiger partial charge is 0.331 e. The van der Waals surface area contributed by atoms with Crippen LogP contribution in [0.5, 0.6) is 5.75 Å². The molecule has 34 heavy (non-hydrogen) atoms. The minimum Gasteiger partial charge on any atom is -0.478 e. The van der Waals surface area contributed by atoms with Gasteiger partial charge in [-0.2, -0.15) is 4.31 Å². The summed E-state index contributed by atoms with van der Waals surface area (Å²) in [6.07, 6.45) is 7.10. The van der Waals surface area contributed by atoms with Gasteiger partial charge in [0.1, 0.15) is 10.6 Å². The van der Waals surface area contributed by atoms with Crippen molar-refractivity contribution in [2.75, 3.05) is 24.7 Å². The van der Waals surface area contributed by atoms with Crippen molar-refractivity contribution in [3.63, 3.8) is 0 Å². The van der Waals surface area contributed by atoms with Crippen LogP contribution in [0.25, 0.3) is 0 Å². The summed E-state index contributed by atoms with van der Waals surface area (Å²) in [7, 11) is -2.21. The van der Waals surface area contributed by atoms with Crippen molar-refractivity contribution in [3.8, 4) is 5.75 Å². The molecule has 3 rings (SSSR count). The lowest BCUT2D eigenvalue weighted by molar-refractivity contribution is -0.131. The number of rotatable bonds is 9. The lowest BCUT2D eigenvalue weighted by atomic mass is 9.88. The second-order valence-electron chi connectivity index (χ2n) is 8.31. The Bertz CT molecular complexity index is 1150. The number of unbranched alkanes of at least 4 members (excludes halogenated alkanes) is 1. The molecular formula is C25H32N2O5S2. The number of hydrogen-bond donors (Lipinski definition) is 1. The quantitative estimate of drug-likeness (QED) is 0.274. The van der Waals surface area contributed by atoms with E-state index in [1.807, 2.05) is 49.6 Å². The SMILES string of the molecule is CCCC[C@@]1(CC)CN(c2ccccc2)c2cc(SC)c(O/C=C/C(=O)O)cc2S(=O)(=O)N1C. The van der Waals surface area contributed by atoms with Crippen molar-refractivity contribution < 1.29 is 23.1 Å². The van der Waals surface area contributed by atoms with E-state index in [0.29, 0.717) is 29.3 Å². The summed E-state index contributed by atoms with van der Waals surface area (Å²) in [6, 6.07) is 13.1. The van der Waals surface area contributed by atoms with Gasteiger partial charge in [-0.1, -0.05) is 44.9 Å². The van der Waals surface area contributed by atoms with Crippen LogP contribution >= 0.6 is 11.8 Å². The molecule has 1 aliphatic heterocycles. The van der Waals surface area contributed by atoms with Gasteiger partial charge < -0.3 is 14.7 Å². The third kappa shape index (κ3) is 5.11. The molecule has 0 saturated carbocycles. The minimum atomic E-state index is -3.88. The van der Waals surface area contributed by atoms with Crippen molar-refractivity contribution in [2.24, 2.45) is 0 Å². The number of benzene rings is 2. The number of sulfonamides is 1. The number of fused-ring (bicyclic) bond motifs is 1. The predicted molar refractivity (Wildman–Crippen MR) is 137 cm³/mol. The molecule has 2 aromatic rings. The highest BCUT2D eigenvalue weighted by molar-refractivity contribution is 7.98. The number of ether oxygens (including phenoxy) is 1. The zero-order chi connectivity index (χ0) is 24.9. The molecule has 0 bridgehead atoms. The van der Waals surface area contributed by atoms with E-state index < -0.39 is 21.5 Å². The van der Waals surface area contributed by atoms with Crippen molar-refractivity contribution in [2.45, 2.75) is 54.9 Å². The molecule has 7 nitrogen and oxygen atoms in total. The Morgan fingerprint density at radius 2 is 1.94 bits per heavy atom. The van der Waals surface area contributed by atoms with Crippen molar-refractivity contribution in [1.29, 1.82) is 0 Å². The van der Waals surface area contributed by atoms with Crippen LogP contribution in [0.2, 0.25) is 0 Å². The van der Waals surface area contributed by atoms with Gasteiger partial charge in [-0.25, -0.2) is 13.2 Å². The maximum Gasteiger partial charge on any atom is 0.331 e. The van der Waals surface area contributed by atoms with Gasteiger partial charge in [0.2, 0.25) is 10.0 Å². The topological polar surface area (TPSA) is 87.1 Å². The number of likely N-dealkylation sites (N-methyl/N-ethyl adjacent to an activating group) is 1. The molecule has 0 saturated heterocycles. The van der Waals surface area contributed by atoms with Gasteiger partial charge in [-0.15, -0.1) is 11.8 Å². The first kappa shape index (κ1) is 26.1. The van der Waals surface area contributed by atoms with Crippen LogP contribution < -0.4 is 9.64 Å². The van der Waals surface area contributed by atoms with Gasteiger partial charge in [0, 0.05) is 25.3 Å². The Kier molecular flexibility index (Phi) is 8.33. The average molecular weight is 505 g/mol. The summed E-state index contributed by atoms with van der Waals surface area (Å²) in [4.78, 5) is 13.8. The Balaban J connectivity index is 2.28. The molecule has 1 N–H and O–H groups in total. The lowest BCUT2D eigenvalue weighted by Gasteiger charge is -2.41. The van der Waals surface area contributed by atoms with E-state index in [2.05, 4.69) is 11.8 Å². The number of para-hydroxylation sites is 1. The monoisotopic (exact) mass is 504 g/mol. The highest BCUT2D eigenvalue weighted by Crippen LogP contribution is 2.46. The first-order valence-corrected chi connectivity index (χ1v) is 14.0. The number of nitrogens with zero attached hydrogens (tertiary/aromatic N) is 2. The third-order valence-corrected chi connectivity index (χ3v) is 9.17. The highest BCUT2D eigenvalue weighted by Gasteiger charge is 2.46. The third-order valence-electron chi connectivity index (χ3n) is 6.42. The van der Waals surface area contributed by atoms with Gasteiger partial charge in [-0.05, 0) is 37.3 Å². The molecule has 184 valence electrons. The summed E-state index contributed by atoms with van der Waals surface area (Å²) in [5.74, 6) is -0.849. The van der Waals surface area contributed by atoms with Gasteiger partial charge >= 0.3 is 5.97 Å². The summed E-state index contributed by atoms with van der Waals surface area (Å²) >= 11 is 1.41. The fourth-order valence-electron chi connectivity index (χ4n) is 4.34. The molecule has 1 heterocycles. The number of carboxylic acid groups (broad SMARTS) is 1. The van der Waals surface area contributed by atoms with Crippen molar-refractivity contribution >= 4 is 39.1 Å². The maximum atomic E-state index is 14.0. The van der Waals surface area contributed by atoms with Gasteiger partial charge in [0.15, 0.2) is 0 Å². The van der Waals surface area contributed by atoms with Crippen LogP contribution in [-0.4, -0.2) is 49.2 Å². The van der Waals surface area contributed by atoms with E-state index in [1.165, 1.54) is 22.1 Å². The Hall–Kier alpha value is -2.49. The van der Waals surface area contributed by atoms with Crippen LogP contribution in [0, 0.1) is 0 Å². The lowest BCUT2D eigenvalue weighted by Crippen LogP contribution is -2.53. The fraction of sp³-hybridized carbons (Fsp3) is 0.400. The number of carbonyl (C=O) groups is 1. The summed E-state index contributed by atoms with van der Waals surface area (Å²) in [5.41, 5.74) is 0.909. The molecule has 0 amide bonds. The first-order valence-electron chi connectivity index (χ1n) is 11.3. The fourth-order valence-corrected chi connectivity index (χ4v) is 6.65. The number of anilines is 2. The van der Waals surface area contributed by atoms with Crippen LogP contribution in [0.4, 0.5) is 11.4 Å². The molecule has 0 radical (unpaired) electrons. The summed E-state index contributed by atoms with van der Waals surface area (Å²) in [6.45, 7) is 4.67. The number of aliphatic carboxylic acids is 1. The molecule has 0 unspecified atom stereocenters. The van der Waals surface area contributed by atoms with E-state index in [0.717, 1.165) is 37.3 Å². The van der Waals surface area contributed by atoms with Gasteiger partial charge in [0.25, 0.3) is 0 Å². The zero-order valence-electron chi connectivity index (χ0n) is 20.0. The van der Waals surface area contributed by atoms with Crippen LogP contribution in [0.15, 0.2) is 64.6 Å². The Labute approximate surface area is 206 Å². The normalized spacial score (nSPS) is 20.2. The van der Waals surface area contributed by atoms with Gasteiger partial charge in [-0.3, -0.25) is 0 Å². The average Bonchev–Trinajstić information content (AvgIpc) is 2.90. The molecule has 1 aliphatic rings.